The fraction of sp³-hybridized carbons (Fsp3) is 0.267. The number of fused-ring (bicyclic) bond motifs is 1. The molecule has 1 aliphatic heterocycles. The van der Waals surface area contributed by atoms with E-state index in [1.54, 1.807) is 4.90 Å². The Morgan fingerprint density at radius 2 is 2.00 bits per heavy atom. The second kappa shape index (κ2) is 5.28. The Hall–Kier alpha value is -2.43. The molecule has 0 fully saturated rings. The summed E-state index contributed by atoms with van der Waals surface area (Å²) in [4.78, 5) is 29.5. The summed E-state index contributed by atoms with van der Waals surface area (Å²) in [7, 11) is 0. The Bertz CT molecular complexity index is 693. The first-order valence-electron chi connectivity index (χ1n) is 6.59. The first-order valence-corrected chi connectivity index (χ1v) is 6.59. The van der Waals surface area contributed by atoms with Gasteiger partial charge in [0.2, 0.25) is 5.91 Å². The van der Waals surface area contributed by atoms with Crippen molar-refractivity contribution < 1.29 is 4.79 Å². The smallest absolute Gasteiger partial charge is 0.253 e. The summed E-state index contributed by atoms with van der Waals surface area (Å²) < 4.78 is 1.34. The Kier molecular flexibility index (Phi) is 3.33. The number of hydrogen-bond acceptors (Lipinski definition) is 3. The molecule has 0 unspecified atom stereocenters. The molecule has 0 saturated heterocycles. The summed E-state index contributed by atoms with van der Waals surface area (Å²) in [5.41, 5.74) is 2.28. The van der Waals surface area contributed by atoms with Crippen molar-refractivity contribution in [3.63, 3.8) is 0 Å². The van der Waals surface area contributed by atoms with E-state index in [0.717, 1.165) is 6.42 Å². The van der Waals surface area contributed by atoms with E-state index in [9.17, 15) is 9.59 Å². The number of benzene rings is 1. The first kappa shape index (κ1) is 12.6. The van der Waals surface area contributed by atoms with Gasteiger partial charge >= 0.3 is 0 Å². The highest BCUT2D eigenvalue weighted by atomic mass is 16.2. The van der Waals surface area contributed by atoms with E-state index < -0.39 is 0 Å². The van der Waals surface area contributed by atoms with Gasteiger partial charge in [0, 0.05) is 25.4 Å². The summed E-state index contributed by atoms with van der Waals surface area (Å²) >= 11 is 0. The van der Waals surface area contributed by atoms with Crippen LogP contribution in [0.4, 0.5) is 0 Å². The molecule has 0 radical (unpaired) electrons. The average Bonchev–Trinajstić information content (AvgIpc) is 2.49. The van der Waals surface area contributed by atoms with E-state index in [0.29, 0.717) is 13.1 Å². The van der Waals surface area contributed by atoms with Gasteiger partial charge in [-0.2, -0.15) is 0 Å². The predicted molar refractivity (Wildman–Crippen MR) is 74.1 cm³/mol. The zero-order valence-corrected chi connectivity index (χ0v) is 11.0. The number of carbonyl (C=O) groups is 1. The zero-order chi connectivity index (χ0) is 13.9. The van der Waals surface area contributed by atoms with E-state index in [1.807, 2.05) is 18.2 Å². The number of nitrogens with zero attached hydrogens (tertiary/aromatic N) is 3. The van der Waals surface area contributed by atoms with Crippen LogP contribution >= 0.6 is 0 Å². The lowest BCUT2D eigenvalue weighted by Gasteiger charge is -2.29. The van der Waals surface area contributed by atoms with Crippen LogP contribution in [-0.2, 0) is 24.3 Å². The Balaban J connectivity index is 1.74. The summed E-state index contributed by atoms with van der Waals surface area (Å²) in [6.07, 6.45) is 3.70. The molecule has 0 saturated carbocycles. The zero-order valence-electron chi connectivity index (χ0n) is 11.0. The van der Waals surface area contributed by atoms with Crippen LogP contribution in [0.15, 0.2) is 47.7 Å². The van der Waals surface area contributed by atoms with Gasteiger partial charge in [0.15, 0.2) is 0 Å². The summed E-state index contributed by atoms with van der Waals surface area (Å²) in [5.74, 6) is -0.0467. The molecule has 0 aliphatic carbocycles. The van der Waals surface area contributed by atoms with Crippen LogP contribution in [0.5, 0.6) is 0 Å². The van der Waals surface area contributed by atoms with E-state index in [-0.39, 0.29) is 18.0 Å². The molecule has 1 aliphatic rings. The summed E-state index contributed by atoms with van der Waals surface area (Å²) in [5, 5.41) is 0. The van der Waals surface area contributed by atoms with Crippen LogP contribution in [-0.4, -0.2) is 26.9 Å². The van der Waals surface area contributed by atoms with Gasteiger partial charge in [-0.1, -0.05) is 24.3 Å². The normalized spacial score (nSPS) is 13.9. The maximum absolute atomic E-state index is 12.3. The van der Waals surface area contributed by atoms with Crippen LogP contribution < -0.4 is 5.56 Å². The molecule has 0 N–H and O–H groups in total. The van der Waals surface area contributed by atoms with Gasteiger partial charge in [-0.3, -0.25) is 14.2 Å². The highest BCUT2D eigenvalue weighted by molar-refractivity contribution is 5.76. The molecule has 2 aromatic rings. The molecule has 0 spiro atoms. The van der Waals surface area contributed by atoms with Gasteiger partial charge in [0.05, 0.1) is 6.33 Å². The lowest BCUT2D eigenvalue weighted by molar-refractivity contribution is -0.132. The molecule has 5 heteroatoms. The van der Waals surface area contributed by atoms with Crippen molar-refractivity contribution in [3.8, 4) is 0 Å². The number of hydrogen-bond donors (Lipinski definition) is 0. The van der Waals surface area contributed by atoms with Crippen molar-refractivity contribution in [1.29, 1.82) is 0 Å². The highest BCUT2D eigenvalue weighted by Crippen LogP contribution is 2.18. The minimum atomic E-state index is -0.203. The Morgan fingerprint density at radius 1 is 1.20 bits per heavy atom. The molecule has 2 heterocycles. The third-order valence-corrected chi connectivity index (χ3v) is 3.58. The first-order chi connectivity index (χ1) is 9.74. The average molecular weight is 269 g/mol. The largest absolute Gasteiger partial charge is 0.336 e. The van der Waals surface area contributed by atoms with E-state index in [1.165, 1.54) is 34.3 Å². The van der Waals surface area contributed by atoms with Gasteiger partial charge in [-0.05, 0) is 17.5 Å². The molecule has 1 amide bonds. The number of carbonyl (C=O) groups excluding carboxylic acids is 1. The van der Waals surface area contributed by atoms with Crippen LogP contribution in [0, 0.1) is 0 Å². The fourth-order valence-electron chi connectivity index (χ4n) is 2.45. The van der Waals surface area contributed by atoms with Crippen molar-refractivity contribution >= 4 is 5.91 Å². The van der Waals surface area contributed by atoms with Crippen molar-refractivity contribution in [1.82, 2.24) is 14.5 Å². The van der Waals surface area contributed by atoms with Crippen LogP contribution in [0.2, 0.25) is 0 Å². The van der Waals surface area contributed by atoms with Gasteiger partial charge in [0.25, 0.3) is 5.56 Å². The number of amides is 1. The van der Waals surface area contributed by atoms with Gasteiger partial charge in [-0.25, -0.2) is 4.98 Å². The third kappa shape index (κ3) is 2.47. The molecule has 102 valence electrons. The van der Waals surface area contributed by atoms with Crippen molar-refractivity contribution in [2.24, 2.45) is 0 Å². The van der Waals surface area contributed by atoms with Crippen molar-refractivity contribution in [3.05, 3.63) is 64.3 Å². The molecule has 1 aromatic heterocycles. The van der Waals surface area contributed by atoms with Crippen molar-refractivity contribution in [2.45, 2.75) is 19.5 Å². The standard InChI is InChI=1S/C15H15N3O2/c19-14-5-7-16-11-18(14)10-15(20)17-8-6-12-3-1-2-4-13(12)9-17/h1-5,7,11H,6,8-10H2. The summed E-state index contributed by atoms with van der Waals surface area (Å²) in [6, 6.07) is 9.51. The number of aromatic nitrogens is 2. The molecule has 3 rings (SSSR count). The monoisotopic (exact) mass is 269 g/mol. The topological polar surface area (TPSA) is 55.2 Å². The van der Waals surface area contributed by atoms with Gasteiger partial charge in [0.1, 0.15) is 6.54 Å². The van der Waals surface area contributed by atoms with E-state index in [4.69, 9.17) is 0 Å². The number of rotatable bonds is 2. The molecule has 5 nitrogen and oxygen atoms in total. The van der Waals surface area contributed by atoms with Gasteiger partial charge < -0.3 is 4.90 Å². The third-order valence-electron chi connectivity index (χ3n) is 3.58. The maximum atomic E-state index is 12.3. The molecular formula is C15H15N3O2. The quantitative estimate of drug-likeness (QED) is 0.811. The molecule has 0 atom stereocenters. The van der Waals surface area contributed by atoms with Gasteiger partial charge in [-0.15, -0.1) is 0 Å². The minimum absolute atomic E-state index is 0.0467. The predicted octanol–water partition coefficient (Wildman–Crippen LogP) is 0.828. The molecule has 20 heavy (non-hydrogen) atoms. The lowest BCUT2D eigenvalue weighted by atomic mass is 10.00. The minimum Gasteiger partial charge on any atom is -0.336 e. The van der Waals surface area contributed by atoms with E-state index in [2.05, 4.69) is 11.1 Å². The van der Waals surface area contributed by atoms with E-state index >= 15 is 0 Å². The summed E-state index contributed by atoms with van der Waals surface area (Å²) in [6.45, 7) is 1.36. The SMILES string of the molecule is O=C(Cn1cnccc1=O)N1CCc2ccccc2C1. The Labute approximate surface area is 116 Å². The van der Waals surface area contributed by atoms with Crippen LogP contribution in [0.25, 0.3) is 0 Å². The highest BCUT2D eigenvalue weighted by Gasteiger charge is 2.20. The van der Waals surface area contributed by atoms with Crippen LogP contribution in [0.1, 0.15) is 11.1 Å². The van der Waals surface area contributed by atoms with Crippen molar-refractivity contribution in [2.75, 3.05) is 6.54 Å². The Morgan fingerprint density at radius 3 is 2.80 bits per heavy atom. The second-order valence-electron chi connectivity index (χ2n) is 4.88. The fourth-order valence-corrected chi connectivity index (χ4v) is 2.45. The van der Waals surface area contributed by atoms with Crippen LogP contribution in [0.3, 0.4) is 0 Å². The lowest BCUT2D eigenvalue weighted by Crippen LogP contribution is -2.39. The maximum Gasteiger partial charge on any atom is 0.253 e. The molecular weight excluding hydrogens is 254 g/mol. The second-order valence-corrected chi connectivity index (χ2v) is 4.88. The molecule has 1 aromatic carbocycles. The molecule has 0 bridgehead atoms.